The van der Waals surface area contributed by atoms with Crippen LogP contribution in [0.2, 0.25) is 0 Å². The van der Waals surface area contributed by atoms with Gasteiger partial charge in [-0.2, -0.15) is 0 Å². The third-order valence-corrected chi connectivity index (χ3v) is 6.67. The monoisotopic (exact) mass is 465 g/mol. The number of hydrogen-bond acceptors (Lipinski definition) is 4. The number of ether oxygens (including phenoxy) is 1. The molecular formula is C29H23NO3S. The van der Waals surface area contributed by atoms with E-state index in [1.807, 2.05) is 91.9 Å². The van der Waals surface area contributed by atoms with E-state index in [4.69, 9.17) is 4.74 Å². The lowest BCUT2D eigenvalue weighted by atomic mass is 10.0. The van der Waals surface area contributed by atoms with Gasteiger partial charge >= 0.3 is 0 Å². The Hall–Kier alpha value is -3.83. The number of imide groups is 1. The van der Waals surface area contributed by atoms with Gasteiger partial charge in [0.15, 0.2) is 0 Å². The van der Waals surface area contributed by atoms with Crippen LogP contribution >= 0.6 is 11.8 Å². The van der Waals surface area contributed by atoms with E-state index in [2.05, 4.69) is 6.07 Å². The van der Waals surface area contributed by atoms with E-state index in [9.17, 15) is 9.59 Å². The van der Waals surface area contributed by atoms with Gasteiger partial charge in [-0.05, 0) is 52.7 Å². The molecule has 4 aromatic carbocycles. The number of amides is 2. The van der Waals surface area contributed by atoms with E-state index >= 15 is 0 Å². The van der Waals surface area contributed by atoms with E-state index in [-0.39, 0.29) is 17.7 Å². The van der Waals surface area contributed by atoms with Gasteiger partial charge in [0.25, 0.3) is 11.1 Å². The van der Waals surface area contributed by atoms with E-state index in [0.717, 1.165) is 39.2 Å². The molecule has 5 heteroatoms. The van der Waals surface area contributed by atoms with Crippen LogP contribution in [0.25, 0.3) is 16.8 Å². The summed E-state index contributed by atoms with van der Waals surface area (Å²) in [6.45, 7) is 2.72. The molecule has 0 bridgehead atoms. The Morgan fingerprint density at radius 2 is 1.65 bits per heavy atom. The van der Waals surface area contributed by atoms with Crippen molar-refractivity contribution >= 4 is 39.8 Å². The number of nitrogens with zero attached hydrogens (tertiary/aromatic N) is 1. The van der Waals surface area contributed by atoms with E-state index < -0.39 is 0 Å². The van der Waals surface area contributed by atoms with Crippen molar-refractivity contribution in [2.24, 2.45) is 0 Å². The number of para-hydroxylation sites is 1. The van der Waals surface area contributed by atoms with Crippen molar-refractivity contribution in [3.63, 3.8) is 0 Å². The Morgan fingerprint density at radius 3 is 2.53 bits per heavy atom. The van der Waals surface area contributed by atoms with E-state index in [0.29, 0.717) is 17.3 Å². The molecule has 0 radical (unpaired) electrons. The predicted molar refractivity (Wildman–Crippen MR) is 137 cm³/mol. The maximum absolute atomic E-state index is 13.2. The number of hydrogen-bond donors (Lipinski definition) is 0. The first-order valence-corrected chi connectivity index (χ1v) is 11.9. The van der Waals surface area contributed by atoms with Crippen LogP contribution in [0.3, 0.4) is 0 Å². The highest BCUT2D eigenvalue weighted by Crippen LogP contribution is 2.35. The van der Waals surface area contributed by atoms with Crippen molar-refractivity contribution in [3.8, 4) is 5.75 Å². The number of carbonyl (C=O) groups is 2. The fourth-order valence-electron chi connectivity index (χ4n) is 4.07. The summed E-state index contributed by atoms with van der Waals surface area (Å²) in [5.41, 5.74) is 3.97. The lowest BCUT2D eigenvalue weighted by Gasteiger charge is -2.14. The van der Waals surface area contributed by atoms with Gasteiger partial charge in [0.05, 0.1) is 11.4 Å². The fraction of sp³-hybridized carbons (Fsp3) is 0.103. The molecule has 0 saturated carbocycles. The molecule has 1 aliphatic heterocycles. The zero-order valence-electron chi connectivity index (χ0n) is 18.7. The minimum atomic E-state index is -0.281. The van der Waals surface area contributed by atoms with Crippen molar-refractivity contribution in [1.29, 1.82) is 0 Å². The van der Waals surface area contributed by atoms with Crippen LogP contribution in [0, 0.1) is 6.92 Å². The number of aryl methyl sites for hydroxylation is 1. The number of fused-ring (bicyclic) bond motifs is 1. The molecule has 1 aliphatic rings. The second kappa shape index (κ2) is 9.57. The molecule has 4 nitrogen and oxygen atoms in total. The highest BCUT2D eigenvalue weighted by molar-refractivity contribution is 8.18. The first-order valence-electron chi connectivity index (χ1n) is 11.1. The zero-order valence-corrected chi connectivity index (χ0v) is 19.5. The van der Waals surface area contributed by atoms with Gasteiger partial charge in [-0.3, -0.25) is 14.5 Å². The van der Waals surface area contributed by atoms with Crippen molar-refractivity contribution in [3.05, 3.63) is 118 Å². The number of rotatable bonds is 6. The molecule has 2 amide bonds. The molecule has 1 heterocycles. The standard InChI is InChI=1S/C29H23NO3S/c1-20-8-6-9-21(16-20)19-33-26-15-5-3-11-23(26)17-27-28(31)30(29(32)34-27)18-24-13-7-12-22-10-2-4-14-25(22)24/h2-17H,18-19H2,1H3/b27-17+. The van der Waals surface area contributed by atoms with Crippen LogP contribution in [0.15, 0.2) is 95.9 Å². The first kappa shape index (κ1) is 22.0. The molecule has 0 spiro atoms. The largest absolute Gasteiger partial charge is 0.488 e. The van der Waals surface area contributed by atoms with Gasteiger partial charge in [0.1, 0.15) is 12.4 Å². The maximum atomic E-state index is 13.2. The van der Waals surface area contributed by atoms with Crippen molar-refractivity contribution < 1.29 is 14.3 Å². The molecule has 4 aromatic rings. The lowest BCUT2D eigenvalue weighted by molar-refractivity contribution is -0.123. The summed E-state index contributed by atoms with van der Waals surface area (Å²) in [5, 5.41) is 1.87. The summed E-state index contributed by atoms with van der Waals surface area (Å²) in [4.78, 5) is 27.6. The molecule has 34 heavy (non-hydrogen) atoms. The highest BCUT2D eigenvalue weighted by atomic mass is 32.2. The molecular weight excluding hydrogens is 442 g/mol. The van der Waals surface area contributed by atoms with Crippen LogP contribution in [0.5, 0.6) is 5.75 Å². The van der Waals surface area contributed by atoms with Crippen LogP contribution in [0.1, 0.15) is 22.3 Å². The predicted octanol–water partition coefficient (Wildman–Crippen LogP) is 6.96. The van der Waals surface area contributed by atoms with Crippen LogP contribution in [-0.4, -0.2) is 16.0 Å². The van der Waals surface area contributed by atoms with Gasteiger partial charge in [-0.1, -0.05) is 90.5 Å². The third kappa shape index (κ3) is 4.61. The van der Waals surface area contributed by atoms with Crippen molar-refractivity contribution in [2.45, 2.75) is 20.1 Å². The number of carbonyl (C=O) groups excluding carboxylic acids is 2. The van der Waals surface area contributed by atoms with Gasteiger partial charge in [-0.25, -0.2) is 0 Å². The minimum Gasteiger partial charge on any atom is -0.488 e. The maximum Gasteiger partial charge on any atom is 0.293 e. The van der Waals surface area contributed by atoms with Crippen molar-refractivity contribution in [2.75, 3.05) is 0 Å². The van der Waals surface area contributed by atoms with Crippen LogP contribution < -0.4 is 4.74 Å². The Bertz CT molecular complexity index is 1420. The average molecular weight is 466 g/mol. The molecule has 0 unspecified atom stereocenters. The van der Waals surface area contributed by atoms with Gasteiger partial charge in [0.2, 0.25) is 0 Å². The molecule has 0 N–H and O–H groups in total. The Labute approximate surface area is 202 Å². The molecule has 0 aromatic heterocycles. The Morgan fingerprint density at radius 1 is 0.882 bits per heavy atom. The van der Waals surface area contributed by atoms with Crippen LogP contribution in [-0.2, 0) is 17.9 Å². The van der Waals surface area contributed by atoms with Gasteiger partial charge < -0.3 is 4.74 Å². The smallest absolute Gasteiger partial charge is 0.293 e. The first-order chi connectivity index (χ1) is 16.6. The van der Waals surface area contributed by atoms with Gasteiger partial charge in [0, 0.05) is 5.56 Å². The second-order valence-electron chi connectivity index (χ2n) is 8.22. The Kier molecular flexibility index (Phi) is 6.19. The normalized spacial score (nSPS) is 14.9. The molecule has 0 aliphatic carbocycles. The highest BCUT2D eigenvalue weighted by Gasteiger charge is 2.35. The molecule has 1 saturated heterocycles. The third-order valence-electron chi connectivity index (χ3n) is 5.76. The summed E-state index contributed by atoms with van der Waals surface area (Å²) in [6, 6.07) is 29.7. The molecule has 168 valence electrons. The molecule has 5 rings (SSSR count). The average Bonchev–Trinajstić information content (AvgIpc) is 3.11. The summed E-state index contributed by atoms with van der Waals surface area (Å²) in [5.74, 6) is 0.390. The minimum absolute atomic E-state index is 0.245. The fourth-order valence-corrected chi connectivity index (χ4v) is 4.90. The summed E-state index contributed by atoms with van der Waals surface area (Å²) < 4.78 is 6.06. The SMILES string of the molecule is Cc1cccc(COc2ccccc2/C=C2/SC(=O)N(Cc3cccc4ccccc34)C2=O)c1. The number of thioether (sulfide) groups is 1. The summed E-state index contributed by atoms with van der Waals surface area (Å²) in [6.07, 6.45) is 1.75. The van der Waals surface area contributed by atoms with E-state index in [1.165, 1.54) is 10.5 Å². The van der Waals surface area contributed by atoms with Gasteiger partial charge in [-0.15, -0.1) is 0 Å². The van der Waals surface area contributed by atoms with Crippen molar-refractivity contribution in [1.82, 2.24) is 4.90 Å². The Balaban J connectivity index is 1.37. The number of benzene rings is 4. The topological polar surface area (TPSA) is 46.6 Å². The van der Waals surface area contributed by atoms with E-state index in [1.54, 1.807) is 6.08 Å². The quantitative estimate of drug-likeness (QED) is 0.289. The zero-order chi connectivity index (χ0) is 23.5. The lowest BCUT2D eigenvalue weighted by Crippen LogP contribution is -2.27. The summed E-state index contributed by atoms with van der Waals surface area (Å²) >= 11 is 0.969. The second-order valence-corrected chi connectivity index (χ2v) is 9.21. The molecule has 0 atom stereocenters. The summed E-state index contributed by atoms with van der Waals surface area (Å²) in [7, 11) is 0. The molecule has 1 fully saturated rings. The van der Waals surface area contributed by atoms with Crippen LogP contribution in [0.4, 0.5) is 4.79 Å².